The summed E-state index contributed by atoms with van der Waals surface area (Å²) in [6.07, 6.45) is 3.51. The van der Waals surface area contributed by atoms with Gasteiger partial charge >= 0.3 is 0 Å². The number of aromatic nitrogens is 1. The van der Waals surface area contributed by atoms with E-state index in [9.17, 15) is 8.42 Å². The van der Waals surface area contributed by atoms with Gasteiger partial charge in [0.25, 0.3) is 10.0 Å². The molecule has 3 aromatic carbocycles. The molecule has 4 aromatic rings. The number of para-hydroxylation sites is 1. The molecule has 32 heavy (non-hydrogen) atoms. The van der Waals surface area contributed by atoms with Gasteiger partial charge in [-0.15, -0.1) is 0 Å². The molecule has 6 heteroatoms. The number of nitrogens with zero attached hydrogens (tertiary/aromatic N) is 1. The topological polar surface area (TPSA) is 68.3 Å². The number of hydrogen-bond acceptors (Lipinski definition) is 4. The SMILES string of the molecule is COc1ccc(S(=O)(=O)Nc2ccccc2C#Cc2cncc3ccccc23)c(C)c1C. The number of methoxy groups -OCH3 is 1. The predicted octanol–water partition coefficient (Wildman–Crippen LogP) is 5.06. The molecule has 0 bridgehead atoms. The number of benzene rings is 3. The summed E-state index contributed by atoms with van der Waals surface area (Å²) in [6, 6.07) is 18.2. The van der Waals surface area contributed by atoms with Crippen LogP contribution in [0.4, 0.5) is 5.69 Å². The minimum Gasteiger partial charge on any atom is -0.496 e. The first-order valence-electron chi connectivity index (χ1n) is 10.0. The van der Waals surface area contributed by atoms with E-state index in [4.69, 9.17) is 4.74 Å². The number of fused-ring (bicyclic) bond motifs is 1. The van der Waals surface area contributed by atoms with Crippen LogP contribution >= 0.6 is 0 Å². The van der Waals surface area contributed by atoms with Gasteiger partial charge in [0, 0.05) is 28.7 Å². The monoisotopic (exact) mass is 442 g/mol. The third kappa shape index (κ3) is 4.16. The highest BCUT2D eigenvalue weighted by atomic mass is 32.2. The minimum absolute atomic E-state index is 0.205. The highest BCUT2D eigenvalue weighted by molar-refractivity contribution is 7.92. The van der Waals surface area contributed by atoms with Crippen molar-refractivity contribution in [1.29, 1.82) is 0 Å². The van der Waals surface area contributed by atoms with E-state index < -0.39 is 10.0 Å². The summed E-state index contributed by atoms with van der Waals surface area (Å²) in [7, 11) is -2.25. The van der Waals surface area contributed by atoms with Crippen molar-refractivity contribution in [2.24, 2.45) is 0 Å². The smallest absolute Gasteiger partial charge is 0.262 e. The van der Waals surface area contributed by atoms with E-state index in [0.29, 0.717) is 22.6 Å². The van der Waals surface area contributed by atoms with Crippen LogP contribution < -0.4 is 9.46 Å². The molecule has 0 amide bonds. The summed E-state index contributed by atoms with van der Waals surface area (Å²) in [5, 5.41) is 2.00. The van der Waals surface area contributed by atoms with Crippen molar-refractivity contribution in [3.63, 3.8) is 0 Å². The first kappa shape index (κ1) is 21.4. The summed E-state index contributed by atoms with van der Waals surface area (Å²) in [6.45, 7) is 3.61. The van der Waals surface area contributed by atoms with Gasteiger partial charge in [0.2, 0.25) is 0 Å². The molecule has 0 saturated heterocycles. The first-order chi connectivity index (χ1) is 15.4. The number of sulfonamides is 1. The van der Waals surface area contributed by atoms with E-state index in [-0.39, 0.29) is 4.90 Å². The lowest BCUT2D eigenvalue weighted by molar-refractivity contribution is 0.411. The number of rotatable bonds is 4. The Balaban J connectivity index is 1.71. The molecule has 4 rings (SSSR count). The Morgan fingerprint density at radius 2 is 1.56 bits per heavy atom. The van der Waals surface area contributed by atoms with Crippen LogP contribution in [0.3, 0.4) is 0 Å². The molecule has 0 saturated carbocycles. The van der Waals surface area contributed by atoms with Gasteiger partial charge in [-0.3, -0.25) is 9.71 Å². The average Bonchev–Trinajstić information content (AvgIpc) is 2.80. The second-order valence-corrected chi connectivity index (χ2v) is 8.98. The normalized spacial score (nSPS) is 11.0. The van der Waals surface area contributed by atoms with Crippen LogP contribution in [-0.2, 0) is 10.0 Å². The van der Waals surface area contributed by atoms with Crippen molar-refractivity contribution < 1.29 is 13.2 Å². The van der Waals surface area contributed by atoms with Crippen LogP contribution in [0.5, 0.6) is 5.75 Å². The maximum absolute atomic E-state index is 13.2. The first-order valence-corrected chi connectivity index (χ1v) is 11.5. The number of pyridine rings is 1. The zero-order valence-electron chi connectivity index (χ0n) is 18.0. The Morgan fingerprint density at radius 3 is 2.38 bits per heavy atom. The zero-order valence-corrected chi connectivity index (χ0v) is 18.8. The molecule has 1 heterocycles. The zero-order chi connectivity index (χ0) is 22.7. The van der Waals surface area contributed by atoms with E-state index in [2.05, 4.69) is 21.5 Å². The molecule has 160 valence electrons. The van der Waals surface area contributed by atoms with Crippen LogP contribution in [0.1, 0.15) is 22.3 Å². The van der Waals surface area contributed by atoms with Gasteiger partial charge in [-0.05, 0) is 49.2 Å². The lowest BCUT2D eigenvalue weighted by atomic mass is 10.1. The molecule has 0 aliphatic heterocycles. The van der Waals surface area contributed by atoms with E-state index in [0.717, 1.165) is 21.9 Å². The molecule has 5 nitrogen and oxygen atoms in total. The highest BCUT2D eigenvalue weighted by Gasteiger charge is 2.20. The van der Waals surface area contributed by atoms with Gasteiger partial charge < -0.3 is 4.74 Å². The molecule has 1 N–H and O–H groups in total. The molecule has 0 aliphatic rings. The Labute approximate surface area is 188 Å². The standard InChI is InChI=1S/C26H22N2O3S/c1-18-19(2)26(15-14-25(18)31-3)32(29,30)28-24-11-7-5-8-20(24)12-13-22-17-27-16-21-9-4-6-10-23(21)22/h4-11,14-17,28H,1-3H3. The lowest BCUT2D eigenvalue weighted by Gasteiger charge is -2.15. The molecule has 0 atom stereocenters. The Kier molecular flexibility index (Phi) is 5.85. The van der Waals surface area contributed by atoms with Crippen molar-refractivity contribution in [2.75, 3.05) is 11.8 Å². The van der Waals surface area contributed by atoms with Gasteiger partial charge in [0.1, 0.15) is 5.75 Å². The van der Waals surface area contributed by atoms with Crippen LogP contribution in [0.25, 0.3) is 10.8 Å². The Hall–Kier alpha value is -3.82. The lowest BCUT2D eigenvalue weighted by Crippen LogP contribution is -2.15. The quantitative estimate of drug-likeness (QED) is 0.449. The fraction of sp³-hybridized carbons (Fsp3) is 0.115. The Bertz CT molecular complexity index is 1480. The number of nitrogens with one attached hydrogen (secondary N) is 1. The van der Waals surface area contributed by atoms with E-state index in [1.54, 1.807) is 56.8 Å². The highest BCUT2D eigenvalue weighted by Crippen LogP contribution is 2.28. The third-order valence-electron chi connectivity index (χ3n) is 5.37. The Morgan fingerprint density at radius 1 is 0.844 bits per heavy atom. The van der Waals surface area contributed by atoms with Gasteiger partial charge in [0.05, 0.1) is 23.3 Å². The summed E-state index contributed by atoms with van der Waals surface area (Å²) in [4.78, 5) is 4.46. The number of ether oxygens (including phenoxy) is 1. The molecular weight excluding hydrogens is 420 g/mol. The van der Waals surface area contributed by atoms with Gasteiger partial charge in [-0.1, -0.05) is 48.2 Å². The van der Waals surface area contributed by atoms with Gasteiger partial charge in [0.15, 0.2) is 0 Å². The predicted molar refractivity (Wildman–Crippen MR) is 127 cm³/mol. The minimum atomic E-state index is -3.82. The van der Waals surface area contributed by atoms with E-state index in [1.807, 2.05) is 37.3 Å². The number of anilines is 1. The molecule has 0 radical (unpaired) electrons. The summed E-state index contributed by atoms with van der Waals surface area (Å²) in [5.74, 6) is 6.89. The fourth-order valence-electron chi connectivity index (χ4n) is 3.51. The molecular formula is C26H22N2O3S. The summed E-state index contributed by atoms with van der Waals surface area (Å²) < 4.78 is 34.3. The van der Waals surface area contributed by atoms with Crippen molar-refractivity contribution in [3.05, 3.63) is 95.3 Å². The maximum Gasteiger partial charge on any atom is 0.262 e. The van der Waals surface area contributed by atoms with Crippen molar-refractivity contribution in [1.82, 2.24) is 4.98 Å². The molecule has 0 unspecified atom stereocenters. The van der Waals surface area contributed by atoms with Crippen LogP contribution in [0, 0.1) is 25.7 Å². The summed E-state index contributed by atoms with van der Waals surface area (Å²) in [5.41, 5.74) is 3.20. The van der Waals surface area contributed by atoms with Crippen LogP contribution in [-0.4, -0.2) is 20.5 Å². The third-order valence-corrected chi connectivity index (χ3v) is 6.88. The van der Waals surface area contributed by atoms with Crippen molar-refractivity contribution >= 4 is 26.5 Å². The number of hydrogen-bond donors (Lipinski definition) is 1. The molecule has 1 aromatic heterocycles. The second kappa shape index (κ2) is 8.74. The van der Waals surface area contributed by atoms with E-state index >= 15 is 0 Å². The van der Waals surface area contributed by atoms with Gasteiger partial charge in [-0.25, -0.2) is 8.42 Å². The molecule has 0 fully saturated rings. The summed E-state index contributed by atoms with van der Waals surface area (Å²) >= 11 is 0. The van der Waals surface area contributed by atoms with E-state index in [1.165, 1.54) is 0 Å². The molecule has 0 aliphatic carbocycles. The van der Waals surface area contributed by atoms with Crippen molar-refractivity contribution in [2.45, 2.75) is 18.7 Å². The fourth-order valence-corrected chi connectivity index (χ4v) is 4.90. The second-order valence-electron chi connectivity index (χ2n) is 7.33. The van der Waals surface area contributed by atoms with Gasteiger partial charge in [-0.2, -0.15) is 0 Å². The average molecular weight is 443 g/mol. The van der Waals surface area contributed by atoms with Crippen LogP contribution in [0.2, 0.25) is 0 Å². The van der Waals surface area contributed by atoms with Crippen molar-refractivity contribution in [3.8, 4) is 17.6 Å². The largest absolute Gasteiger partial charge is 0.496 e. The maximum atomic E-state index is 13.2. The molecule has 0 spiro atoms. The van der Waals surface area contributed by atoms with Crippen LogP contribution in [0.15, 0.2) is 78.0 Å².